The molecule has 2 unspecified atom stereocenters. The molecule has 0 aromatic rings. The summed E-state index contributed by atoms with van der Waals surface area (Å²) in [5.41, 5.74) is 0. The highest BCUT2D eigenvalue weighted by atomic mass is 32.2. The van der Waals surface area contributed by atoms with Crippen LogP contribution in [0.4, 0.5) is 0 Å². The summed E-state index contributed by atoms with van der Waals surface area (Å²) in [5.74, 6) is 0.274. The van der Waals surface area contributed by atoms with Gasteiger partial charge >= 0.3 is 0 Å². The van der Waals surface area contributed by atoms with Crippen molar-refractivity contribution in [1.29, 1.82) is 0 Å². The third-order valence-electron chi connectivity index (χ3n) is 3.46. The second kappa shape index (κ2) is 6.71. The quantitative estimate of drug-likeness (QED) is 0.799. The summed E-state index contributed by atoms with van der Waals surface area (Å²) in [7, 11) is -2.85. The van der Waals surface area contributed by atoms with Gasteiger partial charge in [-0.25, -0.2) is 8.42 Å². The Kier molecular flexibility index (Phi) is 5.89. The molecule has 1 aliphatic rings. The van der Waals surface area contributed by atoms with E-state index in [9.17, 15) is 8.42 Å². The molecule has 1 rings (SSSR count). The van der Waals surface area contributed by atoms with Crippen LogP contribution in [0.2, 0.25) is 0 Å². The second-order valence-electron chi connectivity index (χ2n) is 5.20. The lowest BCUT2D eigenvalue weighted by Gasteiger charge is -2.28. The molecule has 1 heterocycles. The fourth-order valence-corrected chi connectivity index (χ4v) is 2.91. The Balaban J connectivity index is 2.53. The van der Waals surface area contributed by atoms with Crippen LogP contribution in [-0.4, -0.2) is 57.0 Å². The predicted octanol–water partition coefficient (Wildman–Crippen LogP) is 0.884. The first kappa shape index (κ1) is 14.9. The summed E-state index contributed by atoms with van der Waals surface area (Å²) in [5, 5.41) is 3.55. The van der Waals surface area contributed by atoms with E-state index in [0.717, 1.165) is 19.5 Å². The number of sulfone groups is 1. The standard InChI is InChI=1S/C12H26N2O2S/c1-4-5-12-10-14(8-9-17(3,15)16)11(2)6-7-13-12/h11-13H,4-10H2,1-3H3. The van der Waals surface area contributed by atoms with Gasteiger partial charge in [0.2, 0.25) is 0 Å². The van der Waals surface area contributed by atoms with E-state index in [0.29, 0.717) is 18.6 Å². The molecule has 17 heavy (non-hydrogen) atoms. The van der Waals surface area contributed by atoms with Crippen molar-refractivity contribution in [1.82, 2.24) is 10.2 Å². The smallest absolute Gasteiger partial charge is 0.148 e. The molecule has 5 heteroatoms. The molecule has 1 saturated heterocycles. The Morgan fingerprint density at radius 1 is 1.41 bits per heavy atom. The van der Waals surface area contributed by atoms with Crippen LogP contribution in [0.25, 0.3) is 0 Å². The minimum absolute atomic E-state index is 0.274. The van der Waals surface area contributed by atoms with Crippen molar-refractivity contribution >= 4 is 9.84 Å². The maximum absolute atomic E-state index is 11.2. The number of nitrogens with zero attached hydrogens (tertiary/aromatic N) is 1. The van der Waals surface area contributed by atoms with E-state index < -0.39 is 9.84 Å². The Morgan fingerprint density at radius 3 is 2.71 bits per heavy atom. The summed E-state index contributed by atoms with van der Waals surface area (Å²) in [6.07, 6.45) is 4.76. The highest BCUT2D eigenvalue weighted by molar-refractivity contribution is 7.90. The van der Waals surface area contributed by atoms with Crippen molar-refractivity contribution in [3.63, 3.8) is 0 Å². The summed E-state index contributed by atoms with van der Waals surface area (Å²) in [4.78, 5) is 2.32. The van der Waals surface area contributed by atoms with Crippen molar-refractivity contribution in [2.45, 2.75) is 45.2 Å². The highest BCUT2D eigenvalue weighted by Gasteiger charge is 2.22. The molecule has 1 fully saturated rings. The van der Waals surface area contributed by atoms with E-state index in [2.05, 4.69) is 24.1 Å². The van der Waals surface area contributed by atoms with Gasteiger partial charge in [-0.15, -0.1) is 0 Å². The zero-order chi connectivity index (χ0) is 12.9. The SMILES string of the molecule is CCCC1CN(CCS(C)(=O)=O)C(C)CCN1. The Hall–Kier alpha value is -0.130. The molecule has 0 aliphatic carbocycles. The first-order chi connectivity index (χ1) is 7.92. The van der Waals surface area contributed by atoms with Gasteiger partial charge in [-0.1, -0.05) is 13.3 Å². The van der Waals surface area contributed by atoms with Gasteiger partial charge in [-0.05, 0) is 26.3 Å². The number of hydrogen-bond acceptors (Lipinski definition) is 4. The average Bonchev–Trinajstić information content (AvgIpc) is 2.38. The predicted molar refractivity (Wildman–Crippen MR) is 72.1 cm³/mol. The van der Waals surface area contributed by atoms with Crippen molar-refractivity contribution < 1.29 is 8.42 Å². The lowest BCUT2D eigenvalue weighted by molar-refractivity contribution is 0.213. The fourth-order valence-electron chi connectivity index (χ4n) is 2.34. The third kappa shape index (κ3) is 5.84. The van der Waals surface area contributed by atoms with Gasteiger partial charge in [0.25, 0.3) is 0 Å². The molecule has 0 aromatic heterocycles. The number of hydrogen-bond donors (Lipinski definition) is 1. The zero-order valence-corrected chi connectivity index (χ0v) is 12.1. The van der Waals surface area contributed by atoms with Crippen LogP contribution in [0.1, 0.15) is 33.1 Å². The van der Waals surface area contributed by atoms with Crippen LogP contribution in [0, 0.1) is 0 Å². The molecule has 4 nitrogen and oxygen atoms in total. The van der Waals surface area contributed by atoms with Crippen molar-refractivity contribution in [3.05, 3.63) is 0 Å². The van der Waals surface area contributed by atoms with Gasteiger partial charge in [-0.2, -0.15) is 0 Å². The van der Waals surface area contributed by atoms with E-state index in [-0.39, 0.29) is 5.75 Å². The van der Waals surface area contributed by atoms with Gasteiger partial charge in [0, 0.05) is 31.4 Å². The van der Waals surface area contributed by atoms with Crippen LogP contribution in [-0.2, 0) is 9.84 Å². The van der Waals surface area contributed by atoms with E-state index >= 15 is 0 Å². The summed E-state index contributed by atoms with van der Waals surface area (Å²) in [6.45, 7) is 7.07. The summed E-state index contributed by atoms with van der Waals surface area (Å²) in [6, 6.07) is 0.996. The Morgan fingerprint density at radius 2 is 2.12 bits per heavy atom. The van der Waals surface area contributed by atoms with Crippen LogP contribution < -0.4 is 5.32 Å². The monoisotopic (exact) mass is 262 g/mol. The largest absolute Gasteiger partial charge is 0.313 e. The first-order valence-corrected chi connectivity index (χ1v) is 8.63. The highest BCUT2D eigenvalue weighted by Crippen LogP contribution is 2.11. The maximum atomic E-state index is 11.2. The molecule has 1 aliphatic heterocycles. The first-order valence-electron chi connectivity index (χ1n) is 6.57. The minimum atomic E-state index is -2.85. The van der Waals surface area contributed by atoms with Gasteiger partial charge in [0.05, 0.1) is 5.75 Å². The molecule has 102 valence electrons. The lowest BCUT2D eigenvalue weighted by Crippen LogP contribution is -2.42. The second-order valence-corrected chi connectivity index (χ2v) is 7.46. The van der Waals surface area contributed by atoms with E-state index in [4.69, 9.17) is 0 Å². The van der Waals surface area contributed by atoms with E-state index in [1.807, 2.05) is 0 Å². The van der Waals surface area contributed by atoms with Gasteiger partial charge in [0.15, 0.2) is 0 Å². The third-order valence-corrected chi connectivity index (χ3v) is 4.38. The lowest BCUT2D eigenvalue weighted by atomic mass is 10.1. The Labute approximate surface area is 106 Å². The van der Waals surface area contributed by atoms with Gasteiger partial charge in [0.1, 0.15) is 9.84 Å². The van der Waals surface area contributed by atoms with Crippen LogP contribution in [0.5, 0.6) is 0 Å². The number of nitrogens with one attached hydrogen (secondary N) is 1. The minimum Gasteiger partial charge on any atom is -0.313 e. The van der Waals surface area contributed by atoms with Crippen molar-refractivity contribution in [2.75, 3.05) is 31.6 Å². The molecular weight excluding hydrogens is 236 g/mol. The molecule has 0 amide bonds. The number of rotatable bonds is 5. The van der Waals surface area contributed by atoms with Gasteiger partial charge in [-0.3, -0.25) is 4.90 Å². The van der Waals surface area contributed by atoms with E-state index in [1.54, 1.807) is 0 Å². The molecule has 0 saturated carbocycles. The summed E-state index contributed by atoms with van der Waals surface area (Å²) < 4.78 is 22.5. The molecule has 0 spiro atoms. The van der Waals surface area contributed by atoms with Gasteiger partial charge < -0.3 is 5.32 Å². The van der Waals surface area contributed by atoms with Crippen LogP contribution in [0.15, 0.2) is 0 Å². The molecular formula is C12H26N2O2S. The summed E-state index contributed by atoms with van der Waals surface area (Å²) >= 11 is 0. The topological polar surface area (TPSA) is 49.4 Å². The maximum Gasteiger partial charge on any atom is 0.148 e. The molecule has 1 N–H and O–H groups in total. The average molecular weight is 262 g/mol. The van der Waals surface area contributed by atoms with Crippen molar-refractivity contribution in [2.24, 2.45) is 0 Å². The van der Waals surface area contributed by atoms with Crippen molar-refractivity contribution in [3.8, 4) is 0 Å². The molecule has 0 radical (unpaired) electrons. The van der Waals surface area contributed by atoms with Crippen LogP contribution in [0.3, 0.4) is 0 Å². The normalized spacial score (nSPS) is 27.9. The van der Waals surface area contributed by atoms with Crippen LogP contribution >= 0.6 is 0 Å². The molecule has 0 bridgehead atoms. The molecule has 0 aromatic carbocycles. The zero-order valence-electron chi connectivity index (χ0n) is 11.3. The fraction of sp³-hybridized carbons (Fsp3) is 1.00. The Bertz CT molecular complexity index is 316. The molecule has 2 atom stereocenters. The van der Waals surface area contributed by atoms with E-state index in [1.165, 1.54) is 19.1 Å².